The Morgan fingerprint density at radius 1 is 1.46 bits per heavy atom. The first-order valence-electron chi connectivity index (χ1n) is 3.67. The Morgan fingerprint density at radius 2 is 2.23 bits per heavy atom. The van der Waals surface area contributed by atoms with E-state index in [0.29, 0.717) is 12.2 Å². The van der Waals surface area contributed by atoms with Gasteiger partial charge in [-0.05, 0) is 6.08 Å². The second-order valence-corrected chi connectivity index (χ2v) is 2.36. The molecule has 0 aromatic heterocycles. The lowest BCUT2D eigenvalue weighted by Crippen LogP contribution is -2.00. The van der Waals surface area contributed by atoms with Crippen molar-refractivity contribution in [3.05, 3.63) is 36.1 Å². The van der Waals surface area contributed by atoms with Gasteiger partial charge in [0.05, 0.1) is 0 Å². The number of hydrogen-bond donors (Lipinski definition) is 1. The molecule has 0 aromatic carbocycles. The molecule has 1 rings (SSSR count). The predicted molar refractivity (Wildman–Crippen MR) is 44.7 cm³/mol. The minimum absolute atomic E-state index is 0.528. The van der Waals surface area contributed by atoms with E-state index in [1.807, 2.05) is 6.08 Å². The SMILES string of the molecule is O=C(O)/C=C\C(=O)OC1=CC=CC1. The largest absolute Gasteiger partial charge is 0.478 e. The molecule has 1 N–H and O–H groups in total. The van der Waals surface area contributed by atoms with E-state index in [1.54, 1.807) is 12.2 Å². The molecule has 1 aliphatic rings. The number of allylic oxidation sites excluding steroid dienone is 3. The van der Waals surface area contributed by atoms with Gasteiger partial charge in [-0.1, -0.05) is 12.2 Å². The van der Waals surface area contributed by atoms with Gasteiger partial charge < -0.3 is 9.84 Å². The fraction of sp³-hybridized carbons (Fsp3) is 0.111. The van der Waals surface area contributed by atoms with Crippen molar-refractivity contribution in [3.63, 3.8) is 0 Å². The first-order chi connectivity index (χ1) is 6.18. The molecule has 0 bridgehead atoms. The highest BCUT2D eigenvalue weighted by Crippen LogP contribution is 2.11. The summed E-state index contributed by atoms with van der Waals surface area (Å²) in [5, 5.41) is 8.20. The molecule has 0 aromatic rings. The van der Waals surface area contributed by atoms with Crippen molar-refractivity contribution >= 4 is 11.9 Å². The molecular weight excluding hydrogens is 172 g/mol. The zero-order valence-electron chi connectivity index (χ0n) is 6.77. The van der Waals surface area contributed by atoms with E-state index in [0.717, 1.165) is 12.2 Å². The fourth-order valence-corrected chi connectivity index (χ4v) is 0.806. The van der Waals surface area contributed by atoms with Crippen LogP contribution in [0, 0.1) is 0 Å². The predicted octanol–water partition coefficient (Wildman–Crippen LogP) is 1.01. The number of carbonyl (C=O) groups is 2. The smallest absolute Gasteiger partial charge is 0.336 e. The minimum atomic E-state index is -1.17. The third kappa shape index (κ3) is 3.37. The van der Waals surface area contributed by atoms with Crippen LogP contribution in [0.15, 0.2) is 36.1 Å². The maximum absolute atomic E-state index is 10.9. The number of rotatable bonds is 3. The van der Waals surface area contributed by atoms with Gasteiger partial charge in [0.2, 0.25) is 0 Å². The molecule has 0 unspecified atom stereocenters. The number of aliphatic carboxylic acids is 1. The van der Waals surface area contributed by atoms with E-state index in [1.165, 1.54) is 0 Å². The maximum atomic E-state index is 10.9. The molecule has 13 heavy (non-hydrogen) atoms. The summed E-state index contributed by atoms with van der Waals surface area (Å²) in [4.78, 5) is 20.9. The van der Waals surface area contributed by atoms with Crippen LogP contribution in [0.2, 0.25) is 0 Å². The van der Waals surface area contributed by atoms with Crippen LogP contribution in [0.5, 0.6) is 0 Å². The molecule has 68 valence electrons. The van der Waals surface area contributed by atoms with Crippen molar-refractivity contribution in [2.75, 3.05) is 0 Å². The Morgan fingerprint density at radius 3 is 2.77 bits per heavy atom. The van der Waals surface area contributed by atoms with Crippen molar-refractivity contribution in [2.24, 2.45) is 0 Å². The van der Waals surface area contributed by atoms with Crippen LogP contribution in [0.4, 0.5) is 0 Å². The van der Waals surface area contributed by atoms with Gasteiger partial charge in [-0.25, -0.2) is 9.59 Å². The first kappa shape index (κ1) is 9.25. The van der Waals surface area contributed by atoms with E-state index in [2.05, 4.69) is 0 Å². The third-order valence-corrected chi connectivity index (χ3v) is 1.33. The highest BCUT2D eigenvalue weighted by atomic mass is 16.5. The monoisotopic (exact) mass is 180 g/mol. The summed E-state index contributed by atoms with van der Waals surface area (Å²) in [5.74, 6) is -1.31. The zero-order valence-corrected chi connectivity index (χ0v) is 6.77. The van der Waals surface area contributed by atoms with Gasteiger partial charge in [0.25, 0.3) is 0 Å². The number of carbonyl (C=O) groups excluding carboxylic acids is 1. The average Bonchev–Trinajstić information content (AvgIpc) is 2.53. The molecule has 0 atom stereocenters. The van der Waals surface area contributed by atoms with Gasteiger partial charge >= 0.3 is 11.9 Å². The number of hydrogen-bond acceptors (Lipinski definition) is 3. The van der Waals surface area contributed by atoms with E-state index in [9.17, 15) is 9.59 Å². The molecule has 0 aliphatic heterocycles. The molecule has 0 saturated heterocycles. The van der Waals surface area contributed by atoms with Crippen LogP contribution in [-0.2, 0) is 14.3 Å². The maximum Gasteiger partial charge on any atom is 0.336 e. The summed E-state index contributed by atoms with van der Waals surface area (Å²) in [6.07, 6.45) is 7.46. The molecule has 4 heteroatoms. The lowest BCUT2D eigenvalue weighted by molar-refractivity contribution is -0.135. The van der Waals surface area contributed by atoms with E-state index < -0.39 is 11.9 Å². The molecule has 0 amide bonds. The fourth-order valence-electron chi connectivity index (χ4n) is 0.806. The normalized spacial score (nSPS) is 14.6. The van der Waals surface area contributed by atoms with Crippen LogP contribution in [0.3, 0.4) is 0 Å². The van der Waals surface area contributed by atoms with Crippen LogP contribution >= 0.6 is 0 Å². The molecule has 1 aliphatic carbocycles. The molecule has 0 heterocycles. The lowest BCUT2D eigenvalue weighted by atomic mass is 10.4. The summed E-state index contributed by atoms with van der Waals surface area (Å²) < 4.78 is 4.77. The molecule has 0 radical (unpaired) electrons. The van der Waals surface area contributed by atoms with Crippen molar-refractivity contribution in [1.29, 1.82) is 0 Å². The van der Waals surface area contributed by atoms with Gasteiger partial charge in [-0.3, -0.25) is 0 Å². The van der Waals surface area contributed by atoms with Crippen molar-refractivity contribution < 1.29 is 19.4 Å². The van der Waals surface area contributed by atoms with Gasteiger partial charge in [0.15, 0.2) is 0 Å². The molecule has 4 nitrogen and oxygen atoms in total. The standard InChI is InChI=1S/C9H8O4/c10-8(11)5-6-9(12)13-7-3-1-2-4-7/h1-3,5-6H,4H2,(H,10,11)/b6-5-. The minimum Gasteiger partial charge on any atom is -0.478 e. The van der Waals surface area contributed by atoms with Crippen LogP contribution in [0.25, 0.3) is 0 Å². The number of ether oxygens (including phenoxy) is 1. The Hall–Kier alpha value is -1.84. The van der Waals surface area contributed by atoms with Crippen LogP contribution in [0.1, 0.15) is 6.42 Å². The second-order valence-electron chi connectivity index (χ2n) is 2.36. The zero-order chi connectivity index (χ0) is 9.68. The van der Waals surface area contributed by atoms with E-state index in [4.69, 9.17) is 9.84 Å². The van der Waals surface area contributed by atoms with Gasteiger partial charge in [0.1, 0.15) is 5.76 Å². The summed E-state index contributed by atoms with van der Waals surface area (Å²) in [6.45, 7) is 0. The highest BCUT2D eigenvalue weighted by molar-refractivity contribution is 5.91. The Balaban J connectivity index is 2.38. The molecule has 0 saturated carbocycles. The Kier molecular flexibility index (Phi) is 3.03. The number of esters is 1. The molecule has 0 spiro atoms. The average molecular weight is 180 g/mol. The molecule has 0 fully saturated rings. The highest BCUT2D eigenvalue weighted by Gasteiger charge is 2.04. The Labute approximate surface area is 74.8 Å². The van der Waals surface area contributed by atoms with Crippen molar-refractivity contribution in [1.82, 2.24) is 0 Å². The lowest BCUT2D eigenvalue weighted by Gasteiger charge is -1.99. The van der Waals surface area contributed by atoms with Gasteiger partial charge in [-0.15, -0.1) is 0 Å². The quantitative estimate of drug-likeness (QED) is 0.520. The summed E-state index contributed by atoms with van der Waals surface area (Å²) >= 11 is 0. The topological polar surface area (TPSA) is 63.6 Å². The summed E-state index contributed by atoms with van der Waals surface area (Å²) in [7, 11) is 0. The number of carboxylic acids is 1. The summed E-state index contributed by atoms with van der Waals surface area (Å²) in [5.41, 5.74) is 0. The second kappa shape index (κ2) is 4.25. The van der Waals surface area contributed by atoms with Crippen LogP contribution in [-0.4, -0.2) is 17.0 Å². The van der Waals surface area contributed by atoms with E-state index in [-0.39, 0.29) is 0 Å². The van der Waals surface area contributed by atoms with Crippen molar-refractivity contribution in [2.45, 2.75) is 6.42 Å². The first-order valence-corrected chi connectivity index (χ1v) is 3.67. The number of carboxylic acid groups (broad SMARTS) is 1. The Bertz CT molecular complexity index is 310. The van der Waals surface area contributed by atoms with Gasteiger partial charge in [-0.2, -0.15) is 0 Å². The molecular formula is C9H8O4. The van der Waals surface area contributed by atoms with E-state index >= 15 is 0 Å². The third-order valence-electron chi connectivity index (χ3n) is 1.33. The van der Waals surface area contributed by atoms with Crippen molar-refractivity contribution in [3.8, 4) is 0 Å². The van der Waals surface area contributed by atoms with Crippen LogP contribution < -0.4 is 0 Å². The van der Waals surface area contributed by atoms with Gasteiger partial charge in [0, 0.05) is 18.6 Å². The summed E-state index contributed by atoms with van der Waals surface area (Å²) in [6, 6.07) is 0.